The van der Waals surface area contributed by atoms with Crippen LogP contribution >= 0.6 is 15.9 Å². The third-order valence-corrected chi connectivity index (χ3v) is 5.25. The number of pyridine rings is 1. The second-order valence-electron chi connectivity index (χ2n) is 7.12. The second kappa shape index (κ2) is 8.35. The lowest BCUT2D eigenvalue weighted by Crippen LogP contribution is -2.40. The van der Waals surface area contributed by atoms with Crippen molar-refractivity contribution in [2.45, 2.75) is 19.8 Å². The largest absolute Gasteiger partial charge is 0.462 e. The fraction of sp³-hybridized carbons (Fsp3) is 0.500. The molecule has 6 heteroatoms. The zero-order valence-corrected chi connectivity index (χ0v) is 17.3. The van der Waals surface area contributed by atoms with Crippen LogP contribution in [-0.4, -0.2) is 56.2 Å². The minimum Gasteiger partial charge on any atom is -0.462 e. The summed E-state index contributed by atoms with van der Waals surface area (Å²) < 4.78 is 6.29. The molecule has 1 fully saturated rings. The predicted molar refractivity (Wildman–Crippen MR) is 109 cm³/mol. The first-order valence-electron chi connectivity index (χ1n) is 9.14. The number of ether oxygens (including phenoxy) is 1. The molecule has 0 saturated carbocycles. The molecular weight excluding hydrogens is 394 g/mol. The van der Waals surface area contributed by atoms with Gasteiger partial charge >= 0.3 is 5.97 Å². The third-order valence-electron chi connectivity index (χ3n) is 4.76. The van der Waals surface area contributed by atoms with Gasteiger partial charge in [-0.1, -0.05) is 15.9 Å². The molecule has 140 valence electrons. The number of benzene rings is 1. The summed E-state index contributed by atoms with van der Waals surface area (Å²) in [4.78, 5) is 21.7. The highest BCUT2D eigenvalue weighted by atomic mass is 79.9. The lowest BCUT2D eigenvalue weighted by atomic mass is 9.95. The summed E-state index contributed by atoms with van der Waals surface area (Å²) in [7, 11) is 4.23. The molecule has 2 aromatic rings. The summed E-state index contributed by atoms with van der Waals surface area (Å²) >= 11 is 3.56. The number of piperidine rings is 1. The zero-order valence-electron chi connectivity index (χ0n) is 15.7. The number of carbonyl (C=O) groups is 1. The number of esters is 1. The van der Waals surface area contributed by atoms with Gasteiger partial charge in [0.1, 0.15) is 5.56 Å². The van der Waals surface area contributed by atoms with Gasteiger partial charge in [0.15, 0.2) is 0 Å². The molecule has 0 N–H and O–H groups in total. The highest BCUT2D eigenvalue weighted by Crippen LogP contribution is 2.34. The summed E-state index contributed by atoms with van der Waals surface area (Å²) in [5.41, 5.74) is 2.41. The van der Waals surface area contributed by atoms with E-state index in [1.54, 1.807) is 6.20 Å². The van der Waals surface area contributed by atoms with Crippen LogP contribution in [0.5, 0.6) is 0 Å². The second-order valence-corrected chi connectivity index (χ2v) is 8.03. The molecule has 1 unspecified atom stereocenters. The normalized spacial score (nSPS) is 17.7. The molecule has 1 saturated heterocycles. The molecule has 1 aliphatic heterocycles. The van der Waals surface area contributed by atoms with Gasteiger partial charge in [-0.05, 0) is 58.0 Å². The fourth-order valence-corrected chi connectivity index (χ4v) is 4.14. The molecule has 3 rings (SSSR count). The number of aromatic nitrogens is 1. The number of hydrogen-bond donors (Lipinski definition) is 0. The Kier molecular flexibility index (Phi) is 6.14. The highest BCUT2D eigenvalue weighted by Gasteiger charge is 2.26. The van der Waals surface area contributed by atoms with E-state index in [0.717, 1.165) is 47.1 Å². The molecule has 0 radical (unpaired) electrons. The van der Waals surface area contributed by atoms with Crippen LogP contribution in [0.15, 0.2) is 28.9 Å². The number of halogens is 1. The van der Waals surface area contributed by atoms with Crippen molar-refractivity contribution >= 4 is 38.5 Å². The van der Waals surface area contributed by atoms with E-state index >= 15 is 0 Å². The van der Waals surface area contributed by atoms with E-state index in [-0.39, 0.29) is 5.97 Å². The fourth-order valence-electron chi connectivity index (χ4n) is 3.78. The van der Waals surface area contributed by atoms with Crippen LogP contribution in [0.3, 0.4) is 0 Å². The predicted octanol–water partition coefficient (Wildman–Crippen LogP) is 3.95. The van der Waals surface area contributed by atoms with Gasteiger partial charge in [0, 0.05) is 35.7 Å². The third kappa shape index (κ3) is 4.18. The lowest BCUT2D eigenvalue weighted by Gasteiger charge is -2.36. The molecule has 0 amide bonds. The Bertz CT molecular complexity index is 794. The van der Waals surface area contributed by atoms with Crippen LogP contribution in [-0.2, 0) is 4.74 Å². The van der Waals surface area contributed by atoms with E-state index in [4.69, 9.17) is 4.74 Å². The molecule has 26 heavy (non-hydrogen) atoms. The molecular formula is C20H26BrN3O2. The minimum absolute atomic E-state index is 0.299. The maximum Gasteiger partial charge on any atom is 0.341 e. The zero-order chi connectivity index (χ0) is 18.7. The van der Waals surface area contributed by atoms with E-state index < -0.39 is 0 Å². The van der Waals surface area contributed by atoms with Gasteiger partial charge in [-0.2, -0.15) is 0 Å². The van der Waals surface area contributed by atoms with Crippen molar-refractivity contribution in [3.63, 3.8) is 0 Å². The van der Waals surface area contributed by atoms with Gasteiger partial charge in [-0.3, -0.25) is 4.98 Å². The average Bonchev–Trinajstić information content (AvgIpc) is 2.60. The van der Waals surface area contributed by atoms with Gasteiger partial charge in [-0.15, -0.1) is 0 Å². The summed E-state index contributed by atoms with van der Waals surface area (Å²) in [6.07, 6.45) is 4.01. The van der Waals surface area contributed by atoms with E-state index in [1.807, 2.05) is 19.1 Å². The highest BCUT2D eigenvalue weighted by molar-refractivity contribution is 9.10. The van der Waals surface area contributed by atoms with Crippen LogP contribution in [0.1, 0.15) is 30.1 Å². The maximum atomic E-state index is 12.6. The Morgan fingerprint density at radius 3 is 2.96 bits per heavy atom. The summed E-state index contributed by atoms with van der Waals surface area (Å²) in [6.45, 7) is 5.13. The first kappa shape index (κ1) is 19.1. The molecule has 0 spiro atoms. The molecule has 5 nitrogen and oxygen atoms in total. The number of anilines is 1. The van der Waals surface area contributed by atoms with Crippen molar-refractivity contribution in [2.24, 2.45) is 5.92 Å². The molecule has 0 aliphatic carbocycles. The monoisotopic (exact) mass is 419 g/mol. The van der Waals surface area contributed by atoms with Crippen LogP contribution in [0.25, 0.3) is 10.9 Å². The van der Waals surface area contributed by atoms with Crippen LogP contribution in [0, 0.1) is 5.92 Å². The van der Waals surface area contributed by atoms with E-state index in [9.17, 15) is 4.79 Å². The number of nitrogens with zero attached hydrogens (tertiary/aromatic N) is 3. The number of hydrogen-bond acceptors (Lipinski definition) is 5. The Balaban J connectivity index is 2.07. The Labute approximate surface area is 163 Å². The molecule has 1 aliphatic rings. The Morgan fingerprint density at radius 1 is 1.42 bits per heavy atom. The summed E-state index contributed by atoms with van der Waals surface area (Å²) in [5.74, 6) is 0.288. The number of rotatable bonds is 5. The summed E-state index contributed by atoms with van der Waals surface area (Å²) in [6, 6.07) is 6.02. The topological polar surface area (TPSA) is 45.7 Å². The van der Waals surface area contributed by atoms with Crippen molar-refractivity contribution in [3.05, 3.63) is 34.4 Å². The standard InChI is InChI=1S/C20H26BrN3O2/c1-4-26-20(25)17-11-22-18-8-7-15(21)10-16(18)19(17)24-9-5-6-14(13-24)12-23(2)3/h7-8,10-11,14H,4-6,9,12-13H2,1-3H3. The lowest BCUT2D eigenvalue weighted by molar-refractivity contribution is 0.0526. The van der Waals surface area contributed by atoms with Crippen molar-refractivity contribution in [1.29, 1.82) is 0 Å². The number of fused-ring (bicyclic) bond motifs is 1. The van der Waals surface area contributed by atoms with Crippen molar-refractivity contribution in [3.8, 4) is 0 Å². The van der Waals surface area contributed by atoms with Gasteiger partial charge < -0.3 is 14.5 Å². The Morgan fingerprint density at radius 2 is 2.23 bits per heavy atom. The van der Waals surface area contributed by atoms with Crippen molar-refractivity contribution in [1.82, 2.24) is 9.88 Å². The van der Waals surface area contributed by atoms with Crippen LogP contribution in [0.2, 0.25) is 0 Å². The molecule has 1 aromatic heterocycles. The first-order chi connectivity index (χ1) is 12.5. The Hall–Kier alpha value is -1.66. The van der Waals surface area contributed by atoms with E-state index in [1.165, 1.54) is 6.42 Å². The van der Waals surface area contributed by atoms with E-state index in [2.05, 4.69) is 50.9 Å². The van der Waals surface area contributed by atoms with Crippen molar-refractivity contribution in [2.75, 3.05) is 45.2 Å². The van der Waals surface area contributed by atoms with Gasteiger partial charge in [0.25, 0.3) is 0 Å². The quantitative estimate of drug-likeness (QED) is 0.686. The summed E-state index contributed by atoms with van der Waals surface area (Å²) in [5, 5.41) is 0.996. The van der Waals surface area contributed by atoms with Crippen LogP contribution in [0.4, 0.5) is 5.69 Å². The molecule has 2 heterocycles. The van der Waals surface area contributed by atoms with Gasteiger partial charge in [-0.25, -0.2) is 4.79 Å². The SMILES string of the molecule is CCOC(=O)c1cnc2ccc(Br)cc2c1N1CCCC(CN(C)C)C1. The molecule has 0 bridgehead atoms. The average molecular weight is 420 g/mol. The number of carbonyl (C=O) groups excluding carboxylic acids is 1. The van der Waals surface area contributed by atoms with Crippen molar-refractivity contribution < 1.29 is 9.53 Å². The van der Waals surface area contributed by atoms with Gasteiger partial charge in [0.05, 0.1) is 17.8 Å². The van der Waals surface area contributed by atoms with E-state index in [0.29, 0.717) is 18.1 Å². The molecule has 1 atom stereocenters. The molecule has 1 aromatic carbocycles. The first-order valence-corrected chi connectivity index (χ1v) is 9.94. The minimum atomic E-state index is -0.299. The van der Waals surface area contributed by atoms with Gasteiger partial charge in [0.2, 0.25) is 0 Å². The smallest absolute Gasteiger partial charge is 0.341 e. The maximum absolute atomic E-state index is 12.6. The van der Waals surface area contributed by atoms with Crippen LogP contribution < -0.4 is 4.90 Å².